The molecule has 1 rings (SSSR count). The van der Waals surface area contributed by atoms with Crippen LogP contribution >= 0.6 is 0 Å². The SMILES string of the molecule is CCOC(=O)/C=C/C(N)CC1CCNC1=O. The molecule has 0 spiro atoms. The van der Waals surface area contributed by atoms with Crippen molar-refractivity contribution in [3.05, 3.63) is 12.2 Å². The number of ether oxygens (including phenoxy) is 1. The van der Waals surface area contributed by atoms with Crippen LogP contribution in [-0.4, -0.2) is 31.1 Å². The van der Waals surface area contributed by atoms with Crippen LogP contribution in [-0.2, 0) is 14.3 Å². The summed E-state index contributed by atoms with van der Waals surface area (Å²) in [5.74, 6) is -0.365. The highest BCUT2D eigenvalue weighted by molar-refractivity contribution is 5.82. The number of rotatable bonds is 5. The first-order valence-electron chi connectivity index (χ1n) is 5.51. The molecule has 2 atom stereocenters. The van der Waals surface area contributed by atoms with Gasteiger partial charge in [-0.05, 0) is 19.8 Å². The number of carbonyl (C=O) groups is 2. The molecule has 5 heteroatoms. The third-order valence-corrected chi connectivity index (χ3v) is 2.49. The van der Waals surface area contributed by atoms with Gasteiger partial charge >= 0.3 is 5.97 Å². The number of hydrogen-bond donors (Lipinski definition) is 2. The molecule has 0 aromatic heterocycles. The van der Waals surface area contributed by atoms with Crippen LogP contribution in [0.2, 0.25) is 0 Å². The monoisotopic (exact) mass is 226 g/mol. The van der Waals surface area contributed by atoms with E-state index in [0.717, 1.165) is 13.0 Å². The van der Waals surface area contributed by atoms with Crippen LogP contribution in [0.5, 0.6) is 0 Å². The van der Waals surface area contributed by atoms with Gasteiger partial charge in [-0.25, -0.2) is 4.79 Å². The van der Waals surface area contributed by atoms with Gasteiger partial charge in [-0.3, -0.25) is 4.79 Å². The van der Waals surface area contributed by atoms with Crippen molar-refractivity contribution in [1.82, 2.24) is 5.32 Å². The van der Waals surface area contributed by atoms with Crippen LogP contribution in [0, 0.1) is 5.92 Å². The fraction of sp³-hybridized carbons (Fsp3) is 0.636. The second-order valence-corrected chi connectivity index (χ2v) is 3.79. The highest BCUT2D eigenvalue weighted by Crippen LogP contribution is 2.15. The normalized spacial score (nSPS) is 22.1. The van der Waals surface area contributed by atoms with Crippen molar-refractivity contribution in [3.8, 4) is 0 Å². The van der Waals surface area contributed by atoms with Gasteiger partial charge in [0.25, 0.3) is 0 Å². The molecular formula is C11H18N2O3. The summed E-state index contributed by atoms with van der Waals surface area (Å²) < 4.78 is 4.72. The van der Waals surface area contributed by atoms with E-state index in [-0.39, 0.29) is 17.9 Å². The molecule has 0 aliphatic carbocycles. The molecule has 1 aliphatic heterocycles. The van der Waals surface area contributed by atoms with Gasteiger partial charge < -0.3 is 15.8 Å². The van der Waals surface area contributed by atoms with Crippen LogP contribution < -0.4 is 11.1 Å². The number of carbonyl (C=O) groups excluding carboxylic acids is 2. The van der Waals surface area contributed by atoms with Gasteiger partial charge in [0.2, 0.25) is 5.91 Å². The van der Waals surface area contributed by atoms with Gasteiger partial charge in [-0.2, -0.15) is 0 Å². The average molecular weight is 226 g/mol. The molecular weight excluding hydrogens is 208 g/mol. The minimum Gasteiger partial charge on any atom is -0.463 e. The quantitative estimate of drug-likeness (QED) is 0.509. The Morgan fingerprint density at radius 3 is 3.06 bits per heavy atom. The van der Waals surface area contributed by atoms with Crippen molar-refractivity contribution in [2.45, 2.75) is 25.8 Å². The van der Waals surface area contributed by atoms with Gasteiger partial charge in [-0.15, -0.1) is 0 Å². The lowest BCUT2D eigenvalue weighted by Gasteiger charge is -2.10. The lowest BCUT2D eigenvalue weighted by atomic mass is 9.99. The molecule has 2 unspecified atom stereocenters. The van der Waals surface area contributed by atoms with E-state index in [2.05, 4.69) is 5.32 Å². The summed E-state index contributed by atoms with van der Waals surface area (Å²) in [5.41, 5.74) is 5.79. The second-order valence-electron chi connectivity index (χ2n) is 3.79. The van der Waals surface area contributed by atoms with Gasteiger partial charge in [0.15, 0.2) is 0 Å². The van der Waals surface area contributed by atoms with E-state index in [1.807, 2.05) is 0 Å². The fourth-order valence-electron chi connectivity index (χ4n) is 1.67. The summed E-state index contributed by atoms with van der Waals surface area (Å²) >= 11 is 0. The molecule has 0 radical (unpaired) electrons. The van der Waals surface area contributed by atoms with Gasteiger partial charge in [0.1, 0.15) is 0 Å². The zero-order valence-corrected chi connectivity index (χ0v) is 9.44. The number of esters is 1. The van der Waals surface area contributed by atoms with E-state index in [0.29, 0.717) is 13.0 Å². The Morgan fingerprint density at radius 1 is 1.75 bits per heavy atom. The molecule has 3 N–H and O–H groups in total. The van der Waals surface area contributed by atoms with Crippen molar-refractivity contribution in [3.63, 3.8) is 0 Å². The first kappa shape index (κ1) is 12.7. The van der Waals surface area contributed by atoms with Gasteiger partial charge in [0.05, 0.1) is 6.61 Å². The molecule has 5 nitrogen and oxygen atoms in total. The topological polar surface area (TPSA) is 81.4 Å². The maximum atomic E-state index is 11.3. The summed E-state index contributed by atoms with van der Waals surface area (Å²) in [6.45, 7) is 2.82. The Kier molecular flexibility index (Phi) is 4.98. The standard InChI is InChI=1S/C11H18N2O3/c1-2-16-10(14)4-3-9(12)7-8-5-6-13-11(8)15/h3-4,8-9H,2,5-7,12H2,1H3,(H,13,15)/b4-3+. The molecule has 0 bridgehead atoms. The Bertz CT molecular complexity index is 289. The lowest BCUT2D eigenvalue weighted by Crippen LogP contribution is -2.26. The zero-order chi connectivity index (χ0) is 12.0. The Labute approximate surface area is 95.0 Å². The predicted molar refractivity (Wildman–Crippen MR) is 59.5 cm³/mol. The van der Waals surface area contributed by atoms with Crippen LogP contribution in [0.25, 0.3) is 0 Å². The van der Waals surface area contributed by atoms with Crippen molar-refractivity contribution in [2.24, 2.45) is 11.7 Å². The van der Waals surface area contributed by atoms with E-state index in [1.54, 1.807) is 13.0 Å². The van der Waals surface area contributed by atoms with Crippen LogP contribution in [0.4, 0.5) is 0 Å². The zero-order valence-electron chi connectivity index (χ0n) is 9.44. The van der Waals surface area contributed by atoms with E-state index in [1.165, 1.54) is 6.08 Å². The number of hydrogen-bond acceptors (Lipinski definition) is 4. The Hall–Kier alpha value is -1.36. The first-order chi connectivity index (χ1) is 7.63. The van der Waals surface area contributed by atoms with E-state index in [9.17, 15) is 9.59 Å². The predicted octanol–water partition coefficient (Wildman–Crippen LogP) is -0.0408. The molecule has 1 amide bonds. The maximum Gasteiger partial charge on any atom is 0.330 e. The second kappa shape index (κ2) is 6.27. The van der Waals surface area contributed by atoms with Crippen molar-refractivity contribution in [1.29, 1.82) is 0 Å². The summed E-state index contributed by atoms with van der Waals surface area (Å²) in [4.78, 5) is 22.3. The summed E-state index contributed by atoms with van der Waals surface area (Å²) in [6.07, 6.45) is 4.30. The smallest absolute Gasteiger partial charge is 0.330 e. The maximum absolute atomic E-state index is 11.3. The summed E-state index contributed by atoms with van der Waals surface area (Å²) in [5, 5.41) is 2.75. The largest absolute Gasteiger partial charge is 0.463 e. The van der Waals surface area contributed by atoms with E-state index < -0.39 is 5.97 Å². The van der Waals surface area contributed by atoms with Crippen molar-refractivity contribution < 1.29 is 14.3 Å². The van der Waals surface area contributed by atoms with Crippen LogP contribution in [0.1, 0.15) is 19.8 Å². The number of nitrogens with two attached hydrogens (primary N) is 1. The fourth-order valence-corrected chi connectivity index (χ4v) is 1.67. The minimum atomic E-state index is -0.395. The third kappa shape index (κ3) is 4.02. The van der Waals surface area contributed by atoms with Gasteiger partial charge in [-0.1, -0.05) is 6.08 Å². The van der Waals surface area contributed by atoms with Gasteiger partial charge in [0, 0.05) is 24.6 Å². The Morgan fingerprint density at radius 2 is 2.50 bits per heavy atom. The van der Waals surface area contributed by atoms with Crippen molar-refractivity contribution >= 4 is 11.9 Å². The Balaban J connectivity index is 2.32. The average Bonchev–Trinajstić information content (AvgIpc) is 2.62. The lowest BCUT2D eigenvalue weighted by molar-refractivity contribution is -0.137. The van der Waals surface area contributed by atoms with E-state index in [4.69, 9.17) is 10.5 Å². The van der Waals surface area contributed by atoms with Crippen molar-refractivity contribution in [2.75, 3.05) is 13.2 Å². The number of nitrogens with one attached hydrogen (secondary N) is 1. The molecule has 0 saturated carbocycles. The highest BCUT2D eigenvalue weighted by Gasteiger charge is 2.25. The summed E-state index contributed by atoms with van der Waals surface area (Å²) in [6, 6.07) is -0.279. The molecule has 90 valence electrons. The third-order valence-electron chi connectivity index (χ3n) is 2.49. The summed E-state index contributed by atoms with van der Waals surface area (Å²) in [7, 11) is 0. The first-order valence-corrected chi connectivity index (χ1v) is 5.51. The minimum absolute atomic E-state index is 0.0261. The van der Waals surface area contributed by atoms with E-state index >= 15 is 0 Å². The number of amides is 1. The molecule has 1 fully saturated rings. The molecule has 0 aromatic rings. The molecule has 1 heterocycles. The molecule has 1 aliphatic rings. The van der Waals surface area contributed by atoms with Crippen LogP contribution in [0.3, 0.4) is 0 Å². The molecule has 1 saturated heterocycles. The van der Waals surface area contributed by atoms with Crippen LogP contribution in [0.15, 0.2) is 12.2 Å². The highest BCUT2D eigenvalue weighted by atomic mass is 16.5. The molecule has 16 heavy (non-hydrogen) atoms. The molecule has 0 aromatic carbocycles.